The summed E-state index contributed by atoms with van der Waals surface area (Å²) in [6.07, 6.45) is 4.86. The molecule has 2 heteroatoms. The van der Waals surface area contributed by atoms with Gasteiger partial charge in [0.2, 0.25) is 0 Å². The molecular weight excluding hydrogens is 270 g/mol. The summed E-state index contributed by atoms with van der Waals surface area (Å²) < 4.78 is 5.95. The van der Waals surface area contributed by atoms with Crippen molar-refractivity contribution in [1.29, 1.82) is 0 Å². The largest absolute Gasteiger partial charge is 0.489 e. The van der Waals surface area contributed by atoms with E-state index in [0.717, 1.165) is 12.3 Å². The lowest BCUT2D eigenvalue weighted by Gasteiger charge is -2.27. The van der Waals surface area contributed by atoms with Crippen LogP contribution in [0.1, 0.15) is 48.9 Å². The maximum absolute atomic E-state index is 5.95. The highest BCUT2D eigenvalue weighted by Gasteiger charge is 2.19. The van der Waals surface area contributed by atoms with Crippen molar-refractivity contribution >= 4 is 0 Å². The normalized spacial score (nSPS) is 17.0. The Morgan fingerprint density at radius 3 is 2.82 bits per heavy atom. The minimum absolute atomic E-state index is 0.520. The second-order valence-electron chi connectivity index (χ2n) is 6.03. The van der Waals surface area contributed by atoms with Crippen molar-refractivity contribution in [3.05, 3.63) is 65.2 Å². The second-order valence-corrected chi connectivity index (χ2v) is 6.03. The first-order valence-corrected chi connectivity index (χ1v) is 8.39. The predicted octanol–water partition coefficient (Wildman–Crippen LogP) is 4.64. The molecule has 2 aromatic rings. The first-order chi connectivity index (χ1) is 10.9. The molecule has 0 saturated carbocycles. The molecule has 0 radical (unpaired) electrons. The van der Waals surface area contributed by atoms with Gasteiger partial charge >= 0.3 is 0 Å². The molecule has 3 rings (SSSR count). The number of rotatable bonds is 6. The summed E-state index contributed by atoms with van der Waals surface area (Å²) in [5.41, 5.74) is 4.12. The average Bonchev–Trinajstić information content (AvgIpc) is 2.58. The van der Waals surface area contributed by atoms with Crippen molar-refractivity contribution < 1.29 is 4.74 Å². The summed E-state index contributed by atoms with van der Waals surface area (Å²) in [4.78, 5) is 0. The fourth-order valence-electron chi connectivity index (χ4n) is 3.15. The van der Waals surface area contributed by atoms with Crippen LogP contribution in [0.2, 0.25) is 0 Å². The molecule has 0 amide bonds. The summed E-state index contributed by atoms with van der Waals surface area (Å²) in [5, 5.41) is 3.66. The molecule has 0 bridgehead atoms. The topological polar surface area (TPSA) is 21.3 Å². The van der Waals surface area contributed by atoms with Crippen LogP contribution in [0.3, 0.4) is 0 Å². The van der Waals surface area contributed by atoms with Gasteiger partial charge in [0.25, 0.3) is 0 Å². The number of hydrogen-bond donors (Lipinski definition) is 1. The molecule has 0 aliphatic heterocycles. The Bertz CT molecular complexity index is 594. The van der Waals surface area contributed by atoms with Crippen LogP contribution in [0.5, 0.6) is 5.75 Å². The fraction of sp³-hybridized carbons (Fsp3) is 0.400. The second kappa shape index (κ2) is 7.46. The Morgan fingerprint density at radius 1 is 1.14 bits per heavy atom. The van der Waals surface area contributed by atoms with Crippen molar-refractivity contribution in [3.63, 3.8) is 0 Å². The van der Waals surface area contributed by atoms with Crippen LogP contribution in [0.25, 0.3) is 0 Å². The van der Waals surface area contributed by atoms with Crippen molar-refractivity contribution in [1.82, 2.24) is 5.32 Å². The van der Waals surface area contributed by atoms with Crippen LogP contribution < -0.4 is 10.1 Å². The minimum Gasteiger partial charge on any atom is -0.489 e. The molecule has 1 atom stereocenters. The summed E-state index contributed by atoms with van der Waals surface area (Å²) in [6.45, 7) is 3.95. The zero-order valence-corrected chi connectivity index (χ0v) is 13.3. The molecule has 1 aliphatic rings. The van der Waals surface area contributed by atoms with E-state index in [2.05, 4.69) is 54.7 Å². The number of ether oxygens (including phenoxy) is 1. The van der Waals surface area contributed by atoms with Crippen molar-refractivity contribution in [2.45, 2.75) is 45.3 Å². The maximum atomic E-state index is 5.95. The number of hydrogen-bond acceptors (Lipinski definition) is 2. The molecule has 2 nitrogen and oxygen atoms in total. The third-order valence-electron chi connectivity index (χ3n) is 4.32. The molecule has 0 spiro atoms. The summed E-state index contributed by atoms with van der Waals surface area (Å²) in [7, 11) is 0. The Labute approximate surface area is 133 Å². The van der Waals surface area contributed by atoms with E-state index in [0.29, 0.717) is 12.6 Å². The molecule has 116 valence electrons. The van der Waals surface area contributed by atoms with Crippen molar-refractivity contribution in [2.75, 3.05) is 6.54 Å². The SMILES string of the molecule is CCCNC1CCCc2cc(OCc3ccccc3)ccc21. The molecule has 1 unspecified atom stereocenters. The zero-order valence-electron chi connectivity index (χ0n) is 13.3. The highest BCUT2D eigenvalue weighted by Crippen LogP contribution is 2.32. The van der Waals surface area contributed by atoms with Crippen LogP contribution in [0.15, 0.2) is 48.5 Å². The summed E-state index contributed by atoms with van der Waals surface area (Å²) >= 11 is 0. The molecule has 1 N–H and O–H groups in total. The molecule has 2 aromatic carbocycles. The lowest BCUT2D eigenvalue weighted by Crippen LogP contribution is -2.25. The number of fused-ring (bicyclic) bond motifs is 1. The predicted molar refractivity (Wildman–Crippen MR) is 91.2 cm³/mol. The van der Waals surface area contributed by atoms with Gasteiger partial charge in [-0.15, -0.1) is 0 Å². The lowest BCUT2D eigenvalue weighted by atomic mass is 9.87. The average molecular weight is 295 g/mol. The van der Waals surface area contributed by atoms with Gasteiger partial charge in [0.05, 0.1) is 0 Å². The Hall–Kier alpha value is -1.80. The molecule has 1 aliphatic carbocycles. The van der Waals surface area contributed by atoms with Gasteiger partial charge in [-0.25, -0.2) is 0 Å². The fourth-order valence-corrected chi connectivity index (χ4v) is 3.15. The quantitative estimate of drug-likeness (QED) is 0.838. The molecule has 0 saturated heterocycles. The summed E-state index contributed by atoms with van der Waals surface area (Å²) in [6, 6.07) is 17.5. The van der Waals surface area contributed by atoms with Crippen LogP contribution >= 0.6 is 0 Å². The highest BCUT2D eigenvalue weighted by atomic mass is 16.5. The van der Waals surface area contributed by atoms with Crippen molar-refractivity contribution in [2.24, 2.45) is 0 Å². The van der Waals surface area contributed by atoms with Gasteiger partial charge in [0.1, 0.15) is 12.4 Å². The van der Waals surface area contributed by atoms with E-state index in [9.17, 15) is 0 Å². The van der Waals surface area contributed by atoms with E-state index in [-0.39, 0.29) is 0 Å². The van der Waals surface area contributed by atoms with E-state index in [1.165, 1.54) is 42.4 Å². The van der Waals surface area contributed by atoms with Gasteiger partial charge in [-0.3, -0.25) is 0 Å². The van der Waals surface area contributed by atoms with Crippen molar-refractivity contribution in [3.8, 4) is 5.75 Å². The van der Waals surface area contributed by atoms with Crippen LogP contribution in [-0.2, 0) is 13.0 Å². The Kier molecular flexibility index (Phi) is 5.12. The summed E-state index contributed by atoms with van der Waals surface area (Å²) in [5.74, 6) is 0.985. The number of benzene rings is 2. The highest BCUT2D eigenvalue weighted by molar-refractivity contribution is 5.39. The van der Waals surface area contributed by atoms with Crippen LogP contribution in [-0.4, -0.2) is 6.54 Å². The first-order valence-electron chi connectivity index (χ1n) is 8.39. The zero-order chi connectivity index (χ0) is 15.2. The third-order valence-corrected chi connectivity index (χ3v) is 4.32. The standard InChI is InChI=1S/C20H25NO/c1-2-13-21-20-10-6-9-17-14-18(11-12-19(17)20)22-15-16-7-4-3-5-8-16/h3-5,7-8,11-12,14,20-21H,2,6,9-10,13,15H2,1H3. The monoisotopic (exact) mass is 295 g/mol. The molecule has 0 fully saturated rings. The third kappa shape index (κ3) is 3.69. The lowest BCUT2D eigenvalue weighted by molar-refractivity contribution is 0.305. The molecule has 0 aromatic heterocycles. The van der Waals surface area contributed by atoms with Gasteiger partial charge in [-0.1, -0.05) is 43.3 Å². The molecule has 0 heterocycles. The van der Waals surface area contributed by atoms with E-state index < -0.39 is 0 Å². The van der Waals surface area contributed by atoms with Gasteiger partial charge < -0.3 is 10.1 Å². The van der Waals surface area contributed by atoms with E-state index >= 15 is 0 Å². The van der Waals surface area contributed by atoms with E-state index in [1.807, 2.05) is 6.07 Å². The smallest absolute Gasteiger partial charge is 0.120 e. The van der Waals surface area contributed by atoms with Gasteiger partial charge in [-0.05, 0) is 61.1 Å². The van der Waals surface area contributed by atoms with E-state index in [4.69, 9.17) is 4.74 Å². The number of aryl methyl sites for hydroxylation is 1. The van der Waals surface area contributed by atoms with Gasteiger partial charge in [-0.2, -0.15) is 0 Å². The van der Waals surface area contributed by atoms with Crippen LogP contribution in [0, 0.1) is 0 Å². The molecular formula is C20H25NO. The number of nitrogens with one attached hydrogen (secondary N) is 1. The first kappa shape index (κ1) is 15.1. The maximum Gasteiger partial charge on any atom is 0.120 e. The van der Waals surface area contributed by atoms with E-state index in [1.54, 1.807) is 0 Å². The van der Waals surface area contributed by atoms with Gasteiger partial charge in [0, 0.05) is 6.04 Å². The van der Waals surface area contributed by atoms with Crippen LogP contribution in [0.4, 0.5) is 0 Å². The molecule has 22 heavy (non-hydrogen) atoms. The Balaban J connectivity index is 1.68. The van der Waals surface area contributed by atoms with Gasteiger partial charge in [0.15, 0.2) is 0 Å². The minimum atomic E-state index is 0.520. The Morgan fingerprint density at radius 2 is 2.00 bits per heavy atom.